The Morgan fingerprint density at radius 3 is 2.38 bits per heavy atom. The largest absolute Gasteiger partial charge is 0.497 e. The molecule has 0 aliphatic carbocycles. The Bertz CT molecular complexity index is 1440. The van der Waals surface area contributed by atoms with Crippen LogP contribution in [0, 0.1) is 6.92 Å². The average molecular weight is 497 g/mol. The van der Waals surface area contributed by atoms with E-state index in [1.54, 1.807) is 19.1 Å². The van der Waals surface area contributed by atoms with Gasteiger partial charge < -0.3 is 19.3 Å². The molecule has 0 fully saturated rings. The van der Waals surface area contributed by atoms with Crippen LogP contribution in [0.5, 0.6) is 11.5 Å². The molecule has 188 valence electrons. The number of benzene rings is 3. The number of aryl methyl sites for hydroxylation is 1. The Balaban J connectivity index is 1.58. The highest BCUT2D eigenvalue weighted by molar-refractivity contribution is 5.87. The number of methoxy groups -OCH3 is 2. The van der Waals surface area contributed by atoms with Crippen LogP contribution in [0.4, 0.5) is 4.79 Å². The molecule has 5 rings (SSSR count). The first-order valence-electron chi connectivity index (χ1n) is 11.9. The minimum Gasteiger partial charge on any atom is -0.497 e. The standard InChI is InChI=1S/C29H28N4O4/c1-18-9-11-20(12-10-18)26-25(28-31-27(32-37-28)21-13-15-23(35-3)16-14-21)19(2)33(29(34)30-26)17-22-7-5-6-8-24(22)36-4/h5-16,26H,17H2,1-4H3,(H,30,34). The smallest absolute Gasteiger partial charge is 0.322 e. The van der Waals surface area contributed by atoms with E-state index in [2.05, 4.69) is 10.5 Å². The van der Waals surface area contributed by atoms with Crippen molar-refractivity contribution in [1.29, 1.82) is 0 Å². The van der Waals surface area contributed by atoms with Crippen molar-refractivity contribution in [1.82, 2.24) is 20.4 Å². The van der Waals surface area contributed by atoms with Crippen molar-refractivity contribution < 1.29 is 18.8 Å². The number of allylic oxidation sites excluding steroid dienone is 1. The summed E-state index contributed by atoms with van der Waals surface area (Å²) in [6.07, 6.45) is 0. The van der Waals surface area contributed by atoms with E-state index in [0.29, 0.717) is 24.0 Å². The van der Waals surface area contributed by atoms with Crippen LogP contribution >= 0.6 is 0 Å². The zero-order chi connectivity index (χ0) is 25.9. The van der Waals surface area contributed by atoms with Crippen molar-refractivity contribution in [3.63, 3.8) is 0 Å². The Kier molecular flexibility index (Phi) is 6.64. The molecule has 1 aliphatic heterocycles. The number of aromatic nitrogens is 2. The number of amides is 2. The molecule has 1 N–H and O–H groups in total. The van der Waals surface area contributed by atoms with Gasteiger partial charge in [0.25, 0.3) is 5.89 Å². The topological polar surface area (TPSA) is 89.7 Å². The molecule has 37 heavy (non-hydrogen) atoms. The van der Waals surface area contributed by atoms with Crippen molar-refractivity contribution >= 4 is 11.6 Å². The number of nitrogens with one attached hydrogen (secondary N) is 1. The van der Waals surface area contributed by atoms with Crippen molar-refractivity contribution in [3.8, 4) is 22.9 Å². The van der Waals surface area contributed by atoms with Crippen LogP contribution in [0.3, 0.4) is 0 Å². The molecule has 0 saturated carbocycles. The van der Waals surface area contributed by atoms with Crippen LogP contribution in [-0.2, 0) is 6.54 Å². The molecular formula is C29H28N4O4. The highest BCUT2D eigenvalue weighted by atomic mass is 16.5. The second-order valence-corrected chi connectivity index (χ2v) is 8.84. The molecule has 2 amide bonds. The van der Waals surface area contributed by atoms with Gasteiger partial charge in [-0.2, -0.15) is 4.98 Å². The van der Waals surface area contributed by atoms with Gasteiger partial charge in [-0.3, -0.25) is 4.90 Å². The molecule has 8 heteroatoms. The summed E-state index contributed by atoms with van der Waals surface area (Å²) in [7, 11) is 3.24. The third kappa shape index (κ3) is 4.78. The third-order valence-electron chi connectivity index (χ3n) is 6.53. The van der Waals surface area contributed by atoms with E-state index >= 15 is 0 Å². The van der Waals surface area contributed by atoms with Crippen LogP contribution in [0.25, 0.3) is 17.0 Å². The van der Waals surface area contributed by atoms with Gasteiger partial charge in [-0.05, 0) is 49.7 Å². The zero-order valence-corrected chi connectivity index (χ0v) is 21.2. The predicted molar refractivity (Wildman–Crippen MR) is 140 cm³/mol. The molecule has 4 aromatic rings. The molecule has 2 heterocycles. The van der Waals surface area contributed by atoms with E-state index in [-0.39, 0.29) is 6.03 Å². The average Bonchev–Trinajstić information content (AvgIpc) is 3.41. The fourth-order valence-corrected chi connectivity index (χ4v) is 4.45. The lowest BCUT2D eigenvalue weighted by atomic mass is 9.94. The van der Waals surface area contributed by atoms with Crippen LogP contribution < -0.4 is 14.8 Å². The van der Waals surface area contributed by atoms with Gasteiger partial charge in [0.05, 0.1) is 32.4 Å². The molecular weight excluding hydrogens is 468 g/mol. The lowest BCUT2D eigenvalue weighted by molar-refractivity contribution is 0.202. The van der Waals surface area contributed by atoms with Gasteiger partial charge in [0.2, 0.25) is 5.82 Å². The first-order valence-corrected chi connectivity index (χ1v) is 11.9. The highest BCUT2D eigenvalue weighted by Crippen LogP contribution is 2.38. The lowest BCUT2D eigenvalue weighted by Crippen LogP contribution is -2.45. The second-order valence-electron chi connectivity index (χ2n) is 8.84. The van der Waals surface area contributed by atoms with Gasteiger partial charge in [0.15, 0.2) is 0 Å². The molecule has 1 atom stereocenters. The molecule has 0 radical (unpaired) electrons. The monoisotopic (exact) mass is 496 g/mol. The minimum absolute atomic E-state index is 0.215. The summed E-state index contributed by atoms with van der Waals surface area (Å²) in [5.74, 6) is 2.25. The van der Waals surface area contributed by atoms with Crippen LogP contribution in [0.15, 0.2) is 83.0 Å². The number of hydrogen-bond donors (Lipinski definition) is 1. The van der Waals surface area contributed by atoms with Crippen molar-refractivity contribution in [2.24, 2.45) is 0 Å². The van der Waals surface area contributed by atoms with E-state index in [4.69, 9.17) is 19.0 Å². The Hall–Kier alpha value is -4.59. The van der Waals surface area contributed by atoms with E-state index in [1.165, 1.54) is 0 Å². The van der Waals surface area contributed by atoms with Crippen LogP contribution in [-0.4, -0.2) is 35.3 Å². The van der Waals surface area contributed by atoms with E-state index in [0.717, 1.165) is 39.3 Å². The maximum atomic E-state index is 13.4. The Morgan fingerprint density at radius 2 is 1.68 bits per heavy atom. The Labute approximate surface area is 215 Å². The highest BCUT2D eigenvalue weighted by Gasteiger charge is 2.36. The van der Waals surface area contributed by atoms with Crippen molar-refractivity contribution in [3.05, 3.63) is 101 Å². The normalized spacial score (nSPS) is 15.5. The first-order chi connectivity index (χ1) is 18.0. The Morgan fingerprint density at radius 1 is 0.946 bits per heavy atom. The summed E-state index contributed by atoms with van der Waals surface area (Å²) in [6.45, 7) is 4.26. The number of carbonyl (C=O) groups excluding carboxylic acids is 1. The molecule has 3 aromatic carbocycles. The number of ether oxygens (including phenoxy) is 2. The summed E-state index contributed by atoms with van der Waals surface area (Å²) in [6, 6.07) is 22.5. The number of nitrogens with zero attached hydrogens (tertiary/aromatic N) is 3. The summed E-state index contributed by atoms with van der Waals surface area (Å²) in [5, 5.41) is 7.38. The molecule has 1 aliphatic rings. The van der Waals surface area contributed by atoms with E-state index < -0.39 is 6.04 Å². The SMILES string of the molecule is COc1ccc(-c2noc(C3=C(C)N(Cc4ccccc4OC)C(=O)NC3c3ccc(C)cc3)n2)cc1. The quantitative estimate of drug-likeness (QED) is 0.350. The predicted octanol–water partition coefficient (Wildman–Crippen LogP) is 5.76. The maximum absolute atomic E-state index is 13.4. The first kappa shape index (κ1) is 24.1. The maximum Gasteiger partial charge on any atom is 0.322 e. The van der Waals surface area contributed by atoms with Gasteiger partial charge in [0, 0.05) is 16.8 Å². The second kappa shape index (κ2) is 10.2. The van der Waals surface area contributed by atoms with Gasteiger partial charge >= 0.3 is 6.03 Å². The molecule has 0 bridgehead atoms. The van der Waals surface area contributed by atoms with Gasteiger partial charge in [-0.15, -0.1) is 0 Å². The van der Waals surface area contributed by atoms with Crippen molar-refractivity contribution in [2.45, 2.75) is 26.4 Å². The summed E-state index contributed by atoms with van der Waals surface area (Å²) >= 11 is 0. The van der Waals surface area contributed by atoms with E-state index in [9.17, 15) is 4.79 Å². The fourth-order valence-electron chi connectivity index (χ4n) is 4.45. The van der Waals surface area contributed by atoms with E-state index in [1.807, 2.05) is 86.6 Å². The number of carbonyl (C=O) groups is 1. The minimum atomic E-state index is -0.453. The summed E-state index contributed by atoms with van der Waals surface area (Å²) in [4.78, 5) is 19.8. The number of hydrogen-bond acceptors (Lipinski definition) is 6. The van der Waals surface area contributed by atoms with Crippen LogP contribution in [0.1, 0.15) is 35.5 Å². The van der Waals surface area contributed by atoms with Gasteiger partial charge in [-0.25, -0.2) is 4.79 Å². The number of urea groups is 1. The molecule has 1 aromatic heterocycles. The lowest BCUT2D eigenvalue weighted by Gasteiger charge is -2.35. The van der Waals surface area contributed by atoms with Crippen molar-refractivity contribution in [2.75, 3.05) is 14.2 Å². The molecule has 0 spiro atoms. The fraction of sp³-hybridized carbons (Fsp3) is 0.207. The van der Waals surface area contributed by atoms with Gasteiger partial charge in [0.1, 0.15) is 11.5 Å². The molecule has 0 saturated heterocycles. The summed E-state index contributed by atoms with van der Waals surface area (Å²) < 4.78 is 16.6. The zero-order valence-electron chi connectivity index (χ0n) is 21.2. The molecule has 1 unspecified atom stereocenters. The number of rotatable bonds is 7. The number of para-hydroxylation sites is 1. The van der Waals surface area contributed by atoms with Gasteiger partial charge in [-0.1, -0.05) is 53.2 Å². The third-order valence-corrected chi connectivity index (χ3v) is 6.53. The molecule has 8 nitrogen and oxygen atoms in total. The summed E-state index contributed by atoms with van der Waals surface area (Å²) in [5.41, 5.74) is 5.21. The van der Waals surface area contributed by atoms with Crippen LogP contribution in [0.2, 0.25) is 0 Å².